The summed E-state index contributed by atoms with van der Waals surface area (Å²) in [5.41, 5.74) is 4.48. The topological polar surface area (TPSA) is 82.5 Å². The number of phenols is 1. The zero-order chi connectivity index (χ0) is 29.1. The molecule has 0 saturated carbocycles. The second-order valence-corrected chi connectivity index (χ2v) is 12.9. The van der Waals surface area contributed by atoms with Crippen molar-refractivity contribution in [2.75, 3.05) is 46.4 Å². The molecule has 3 aliphatic heterocycles. The SMILES string of the molecule is COc1cc(CC2c3ccc(O)cc3SC2(OCCN2CCCC2)c2cccc(C(=O)O)c2)ccc1CN1CCCC1.[NaH]. The van der Waals surface area contributed by atoms with Crippen molar-refractivity contribution in [2.45, 2.75) is 54.4 Å². The van der Waals surface area contributed by atoms with Crippen molar-refractivity contribution in [2.24, 2.45) is 0 Å². The summed E-state index contributed by atoms with van der Waals surface area (Å²) in [5, 5.41) is 20.3. The number of nitrogens with zero attached hydrogens (tertiary/aromatic N) is 2. The number of ether oxygens (including phenoxy) is 2. The van der Waals surface area contributed by atoms with Gasteiger partial charge in [0.2, 0.25) is 0 Å². The van der Waals surface area contributed by atoms with Crippen LogP contribution in [0.25, 0.3) is 0 Å². The Morgan fingerprint density at radius 3 is 2.44 bits per heavy atom. The number of aromatic hydroxyl groups is 1. The van der Waals surface area contributed by atoms with Crippen LogP contribution < -0.4 is 4.74 Å². The Kier molecular flexibility index (Phi) is 10.8. The van der Waals surface area contributed by atoms with E-state index in [4.69, 9.17) is 9.47 Å². The third kappa shape index (κ3) is 7.12. The van der Waals surface area contributed by atoms with Gasteiger partial charge in [0, 0.05) is 29.5 Å². The van der Waals surface area contributed by atoms with E-state index in [9.17, 15) is 15.0 Å². The molecule has 0 aromatic heterocycles. The van der Waals surface area contributed by atoms with E-state index in [-0.39, 0.29) is 46.8 Å². The summed E-state index contributed by atoms with van der Waals surface area (Å²) in [5.74, 6) is 0.0245. The minimum atomic E-state index is -0.961. The van der Waals surface area contributed by atoms with E-state index in [1.165, 1.54) is 31.2 Å². The first kappa shape index (κ1) is 32.4. The van der Waals surface area contributed by atoms with Gasteiger partial charge in [-0.05, 0) is 105 Å². The van der Waals surface area contributed by atoms with Gasteiger partial charge in [0.15, 0.2) is 4.93 Å². The molecule has 3 heterocycles. The summed E-state index contributed by atoms with van der Waals surface area (Å²) in [6.07, 6.45) is 5.59. The fourth-order valence-electron chi connectivity index (χ4n) is 6.72. The molecule has 2 saturated heterocycles. The molecule has 6 rings (SSSR count). The van der Waals surface area contributed by atoms with Crippen LogP contribution in [0.5, 0.6) is 11.5 Å². The molecule has 3 aromatic carbocycles. The van der Waals surface area contributed by atoms with Gasteiger partial charge in [-0.1, -0.05) is 42.1 Å². The van der Waals surface area contributed by atoms with Crippen molar-refractivity contribution < 1.29 is 24.5 Å². The van der Waals surface area contributed by atoms with Gasteiger partial charge in [0.05, 0.1) is 19.3 Å². The first-order chi connectivity index (χ1) is 20.4. The van der Waals surface area contributed by atoms with Crippen LogP contribution in [0, 0.1) is 0 Å². The van der Waals surface area contributed by atoms with Crippen molar-refractivity contribution in [3.8, 4) is 11.5 Å². The fraction of sp³-hybridized carbons (Fsp3) is 0.441. The number of benzene rings is 3. The molecule has 7 nitrogen and oxygen atoms in total. The molecule has 43 heavy (non-hydrogen) atoms. The molecule has 2 unspecified atom stereocenters. The van der Waals surface area contributed by atoms with Gasteiger partial charge < -0.3 is 24.6 Å². The maximum atomic E-state index is 12.0. The Hall–Kier alpha value is -2.04. The Balaban J connectivity index is 0.00000368. The number of rotatable bonds is 11. The summed E-state index contributed by atoms with van der Waals surface area (Å²) >= 11 is 1.58. The van der Waals surface area contributed by atoms with E-state index < -0.39 is 10.9 Å². The normalized spacial score (nSPS) is 21.9. The molecule has 9 heteroatoms. The molecule has 3 aromatic rings. The van der Waals surface area contributed by atoms with Crippen molar-refractivity contribution in [1.82, 2.24) is 9.80 Å². The molecule has 0 spiro atoms. The van der Waals surface area contributed by atoms with Gasteiger partial charge in [-0.15, -0.1) is 0 Å². The minimum absolute atomic E-state index is 0. The Labute approximate surface area is 280 Å². The third-order valence-corrected chi connectivity index (χ3v) is 10.4. The molecule has 224 valence electrons. The molecule has 0 amide bonds. The van der Waals surface area contributed by atoms with Crippen LogP contribution in [0.2, 0.25) is 0 Å². The fourth-order valence-corrected chi connectivity index (χ4v) is 8.30. The van der Waals surface area contributed by atoms with Gasteiger partial charge in [-0.25, -0.2) is 4.79 Å². The molecule has 0 aliphatic carbocycles. The number of methoxy groups -OCH3 is 1. The van der Waals surface area contributed by atoms with Gasteiger partial charge in [-0.3, -0.25) is 4.90 Å². The number of likely N-dealkylation sites (tertiary alicyclic amines) is 2. The van der Waals surface area contributed by atoms with Crippen LogP contribution in [0.4, 0.5) is 0 Å². The van der Waals surface area contributed by atoms with Crippen LogP contribution in [0.3, 0.4) is 0 Å². The molecule has 3 aliphatic rings. The number of carboxylic acids is 1. The summed E-state index contributed by atoms with van der Waals surface area (Å²) in [4.78, 5) is 17.0. The first-order valence-electron chi connectivity index (χ1n) is 15.1. The molecular formula is C34H41N2NaO5S. The van der Waals surface area contributed by atoms with Crippen LogP contribution in [0.1, 0.15) is 64.2 Å². The molecule has 2 atom stereocenters. The first-order valence-corrected chi connectivity index (χ1v) is 15.9. The zero-order valence-corrected chi connectivity index (χ0v) is 25.1. The van der Waals surface area contributed by atoms with Crippen molar-refractivity contribution >= 4 is 47.3 Å². The number of carbonyl (C=O) groups is 1. The van der Waals surface area contributed by atoms with E-state index >= 15 is 0 Å². The van der Waals surface area contributed by atoms with Crippen molar-refractivity contribution in [3.63, 3.8) is 0 Å². The third-order valence-electron chi connectivity index (χ3n) is 8.91. The van der Waals surface area contributed by atoms with Crippen LogP contribution in [0.15, 0.2) is 65.6 Å². The summed E-state index contributed by atoms with van der Waals surface area (Å²) in [6.45, 7) is 6.66. The summed E-state index contributed by atoms with van der Waals surface area (Å²) < 4.78 is 12.8. The number of fused-ring (bicyclic) bond motifs is 1. The number of carboxylic acid groups (broad SMARTS) is 1. The molecule has 2 N–H and O–H groups in total. The standard InChI is InChI=1S/C34H40N2O5S.Na.H/c1-40-31-20-24(9-10-26(31)23-36-15-4-5-16-36)19-30-29-12-11-28(37)22-32(29)42-34(30,41-18-17-35-13-2-3-14-35)27-8-6-7-25(21-27)33(38)39;;/h6-12,20-22,30,37H,2-5,13-19,23H2,1H3,(H,38,39);;. The Bertz CT molecular complexity index is 1430. The predicted octanol–water partition coefficient (Wildman–Crippen LogP) is 5.44. The van der Waals surface area contributed by atoms with Crippen LogP contribution >= 0.6 is 11.8 Å². The van der Waals surface area contributed by atoms with Crippen molar-refractivity contribution in [1.29, 1.82) is 0 Å². The van der Waals surface area contributed by atoms with E-state index in [1.54, 1.807) is 49.2 Å². The number of hydrogen-bond acceptors (Lipinski definition) is 7. The number of thioether (sulfide) groups is 1. The summed E-state index contributed by atoms with van der Waals surface area (Å²) in [6, 6.07) is 19.2. The summed E-state index contributed by atoms with van der Waals surface area (Å²) in [7, 11) is 1.74. The average Bonchev–Trinajstić information content (AvgIpc) is 3.76. The second-order valence-electron chi connectivity index (χ2n) is 11.7. The Morgan fingerprint density at radius 1 is 0.977 bits per heavy atom. The van der Waals surface area contributed by atoms with Gasteiger partial charge in [0.1, 0.15) is 11.5 Å². The molecule has 0 radical (unpaired) electrons. The maximum absolute atomic E-state index is 12.0. The number of aromatic carboxylic acids is 1. The van der Waals surface area contributed by atoms with E-state index in [0.717, 1.165) is 66.6 Å². The zero-order valence-electron chi connectivity index (χ0n) is 24.3. The van der Waals surface area contributed by atoms with Gasteiger partial charge in [0.25, 0.3) is 0 Å². The van der Waals surface area contributed by atoms with Crippen LogP contribution in [-0.2, 0) is 22.6 Å². The van der Waals surface area contributed by atoms with Crippen molar-refractivity contribution in [3.05, 3.63) is 88.5 Å². The second kappa shape index (κ2) is 14.4. The predicted molar refractivity (Wildman–Crippen MR) is 172 cm³/mol. The molecule has 0 bridgehead atoms. The quantitative estimate of drug-likeness (QED) is 0.277. The number of hydrogen-bond donors (Lipinski definition) is 2. The van der Waals surface area contributed by atoms with E-state index in [2.05, 4.69) is 28.0 Å². The van der Waals surface area contributed by atoms with Crippen LogP contribution in [-0.4, -0.2) is 102 Å². The average molecular weight is 613 g/mol. The van der Waals surface area contributed by atoms with E-state index in [0.29, 0.717) is 13.0 Å². The monoisotopic (exact) mass is 612 g/mol. The van der Waals surface area contributed by atoms with Gasteiger partial charge >= 0.3 is 35.5 Å². The molecular weight excluding hydrogens is 571 g/mol. The van der Waals surface area contributed by atoms with E-state index in [1.807, 2.05) is 12.1 Å². The number of phenolic OH excluding ortho intramolecular Hbond substituents is 1. The Morgan fingerprint density at radius 2 is 1.72 bits per heavy atom. The molecule has 2 fully saturated rings. The van der Waals surface area contributed by atoms with Gasteiger partial charge in [-0.2, -0.15) is 0 Å².